The van der Waals surface area contributed by atoms with Gasteiger partial charge in [0.15, 0.2) is 0 Å². The minimum absolute atomic E-state index is 0.187. The number of rotatable bonds is 9. The van der Waals surface area contributed by atoms with E-state index < -0.39 is 41.3 Å². The Morgan fingerprint density at radius 3 is 2.36 bits per heavy atom. The van der Waals surface area contributed by atoms with Gasteiger partial charge in [0.1, 0.15) is 11.5 Å². The summed E-state index contributed by atoms with van der Waals surface area (Å²) in [6.07, 6.45) is 4.05. The lowest BCUT2D eigenvalue weighted by Gasteiger charge is -2.32. The van der Waals surface area contributed by atoms with E-state index in [0.717, 1.165) is 35.0 Å². The molecule has 230 valence electrons. The summed E-state index contributed by atoms with van der Waals surface area (Å²) in [7, 11) is -0.470. The summed E-state index contributed by atoms with van der Waals surface area (Å²) in [6, 6.07) is 13.6. The number of amides is 1. The van der Waals surface area contributed by atoms with E-state index in [4.69, 9.17) is 15.0 Å². The Kier molecular flexibility index (Phi) is 7.68. The SMILES string of the molecule is Cc1cc(CCN(c2cn3nc(-c4ccc(F)cc4)c(C(N)=O)c3cc2C2CC2)S(=O)O)ccc1B1OC(C)(C)C(C)(C)O1. The number of nitrogens with two attached hydrogens (primary N) is 1. The van der Waals surface area contributed by atoms with Crippen LogP contribution in [0.2, 0.25) is 0 Å². The monoisotopic (exact) mass is 618 g/mol. The third-order valence-electron chi connectivity index (χ3n) is 9.06. The fourth-order valence-corrected chi connectivity index (χ4v) is 6.29. The molecule has 1 aliphatic heterocycles. The van der Waals surface area contributed by atoms with E-state index in [9.17, 15) is 17.9 Å². The number of fused-ring (bicyclic) bond motifs is 1. The molecule has 2 aliphatic rings. The maximum absolute atomic E-state index is 13.6. The molecule has 0 spiro atoms. The number of carbonyl (C=O) groups excluding carboxylic acids is 1. The molecule has 9 nitrogen and oxygen atoms in total. The zero-order chi connectivity index (χ0) is 31.6. The highest BCUT2D eigenvalue weighted by Gasteiger charge is 2.52. The topological polar surface area (TPSA) is 119 Å². The summed E-state index contributed by atoms with van der Waals surface area (Å²) in [5, 5.41) is 4.62. The van der Waals surface area contributed by atoms with Gasteiger partial charge in [-0.05, 0) is 107 Å². The van der Waals surface area contributed by atoms with Gasteiger partial charge in [0.2, 0.25) is 0 Å². The molecule has 0 bridgehead atoms. The van der Waals surface area contributed by atoms with E-state index in [1.54, 1.807) is 18.3 Å². The van der Waals surface area contributed by atoms with Gasteiger partial charge in [-0.1, -0.05) is 23.8 Å². The van der Waals surface area contributed by atoms with Crippen molar-refractivity contribution in [1.29, 1.82) is 0 Å². The summed E-state index contributed by atoms with van der Waals surface area (Å²) in [5.41, 5.74) is 10.9. The number of primary amides is 1. The van der Waals surface area contributed by atoms with Crippen LogP contribution in [0.15, 0.2) is 54.7 Å². The van der Waals surface area contributed by atoms with Crippen molar-refractivity contribution < 1.29 is 27.3 Å². The first-order valence-electron chi connectivity index (χ1n) is 14.7. The van der Waals surface area contributed by atoms with Crippen LogP contribution in [0.5, 0.6) is 0 Å². The summed E-state index contributed by atoms with van der Waals surface area (Å²) in [6.45, 7) is 10.4. The molecule has 0 radical (unpaired) electrons. The van der Waals surface area contributed by atoms with Crippen molar-refractivity contribution in [2.45, 2.75) is 71.0 Å². The van der Waals surface area contributed by atoms with Crippen LogP contribution in [0.25, 0.3) is 16.8 Å². The van der Waals surface area contributed by atoms with Gasteiger partial charge in [-0.15, -0.1) is 0 Å². The lowest BCUT2D eigenvalue weighted by molar-refractivity contribution is 0.00578. The standard InChI is InChI=1S/C32H36BFN4O5S/c1-19-16-20(6-13-25(19)33-42-31(2,3)32(4,5)43-33)14-15-38(44(40)41)27-18-37-26(17-24(27)21-7-8-21)28(30(35)39)29(36-37)22-9-11-23(34)12-10-22/h6,9-13,16-18,21H,7-8,14-15H2,1-5H3,(H2,35,39)(H,40,41). The first-order chi connectivity index (χ1) is 20.8. The minimum atomic E-state index is -2.33. The van der Waals surface area contributed by atoms with Crippen molar-refractivity contribution in [2.24, 2.45) is 5.73 Å². The maximum Gasteiger partial charge on any atom is 0.495 e. The normalized spacial score (nSPS) is 18.1. The molecule has 1 unspecified atom stereocenters. The number of aryl methyl sites for hydroxylation is 1. The largest absolute Gasteiger partial charge is 0.495 e. The minimum Gasteiger partial charge on any atom is -0.399 e. The van der Waals surface area contributed by atoms with Gasteiger partial charge in [0.25, 0.3) is 17.2 Å². The number of hydrogen-bond acceptors (Lipinski definition) is 5. The fourth-order valence-electron chi connectivity index (χ4n) is 5.72. The zero-order valence-electron chi connectivity index (χ0n) is 25.5. The number of halogens is 1. The van der Waals surface area contributed by atoms with Gasteiger partial charge in [0.05, 0.1) is 34.2 Å². The first kappa shape index (κ1) is 30.5. The molecule has 2 fully saturated rings. The highest BCUT2D eigenvalue weighted by Crippen LogP contribution is 2.46. The Morgan fingerprint density at radius 2 is 1.80 bits per heavy atom. The molecule has 3 heterocycles. The van der Waals surface area contributed by atoms with Crippen LogP contribution in [-0.4, -0.2) is 49.1 Å². The van der Waals surface area contributed by atoms with E-state index in [-0.39, 0.29) is 18.0 Å². The third-order valence-corrected chi connectivity index (χ3v) is 9.82. The lowest BCUT2D eigenvalue weighted by Crippen LogP contribution is -2.41. The molecule has 6 rings (SSSR count). The highest BCUT2D eigenvalue weighted by atomic mass is 32.2. The summed E-state index contributed by atoms with van der Waals surface area (Å²) < 4.78 is 52.3. The van der Waals surface area contributed by atoms with Crippen LogP contribution in [-0.2, 0) is 27.0 Å². The Morgan fingerprint density at radius 1 is 1.14 bits per heavy atom. The number of benzene rings is 2. The number of pyridine rings is 1. The van der Waals surface area contributed by atoms with Crippen LogP contribution in [0.4, 0.5) is 10.1 Å². The Bertz CT molecular complexity index is 1770. The predicted molar refractivity (Wildman–Crippen MR) is 170 cm³/mol. The molecule has 2 aromatic carbocycles. The van der Waals surface area contributed by atoms with Crippen molar-refractivity contribution in [1.82, 2.24) is 9.61 Å². The van der Waals surface area contributed by atoms with Gasteiger partial charge in [-0.2, -0.15) is 5.10 Å². The number of carbonyl (C=O) groups is 1. The third kappa shape index (κ3) is 5.56. The van der Waals surface area contributed by atoms with Gasteiger partial charge in [-0.25, -0.2) is 13.1 Å². The molecule has 4 aromatic rings. The van der Waals surface area contributed by atoms with Crippen molar-refractivity contribution in [2.75, 3.05) is 10.8 Å². The van der Waals surface area contributed by atoms with Crippen LogP contribution in [0.3, 0.4) is 0 Å². The fraction of sp³-hybridized carbons (Fsp3) is 0.375. The van der Waals surface area contributed by atoms with Gasteiger partial charge < -0.3 is 15.0 Å². The van der Waals surface area contributed by atoms with E-state index in [1.165, 1.54) is 21.0 Å². The van der Waals surface area contributed by atoms with Crippen LogP contribution in [0.1, 0.15) is 73.5 Å². The molecule has 1 saturated heterocycles. The Hall–Kier alpha value is -3.58. The molecule has 1 aliphatic carbocycles. The highest BCUT2D eigenvalue weighted by molar-refractivity contribution is 7.80. The Labute approximate surface area is 259 Å². The van der Waals surface area contributed by atoms with Crippen LogP contribution < -0.4 is 15.5 Å². The number of nitrogens with zero attached hydrogens (tertiary/aromatic N) is 3. The Balaban J connectivity index is 1.31. The number of hydrogen-bond donors (Lipinski definition) is 2. The smallest absolute Gasteiger partial charge is 0.399 e. The molecule has 1 atom stereocenters. The first-order valence-corrected chi connectivity index (χ1v) is 15.8. The van der Waals surface area contributed by atoms with E-state index in [2.05, 4.69) is 11.2 Å². The predicted octanol–water partition coefficient (Wildman–Crippen LogP) is 4.91. The molecule has 3 N–H and O–H groups in total. The van der Waals surface area contributed by atoms with Crippen molar-refractivity contribution in [3.8, 4) is 11.3 Å². The van der Waals surface area contributed by atoms with Gasteiger partial charge >= 0.3 is 7.12 Å². The molecular formula is C32H36BFN4O5S. The van der Waals surface area contributed by atoms with E-state index in [1.807, 2.05) is 52.8 Å². The molecular weight excluding hydrogens is 582 g/mol. The van der Waals surface area contributed by atoms with Gasteiger partial charge in [0, 0.05) is 12.1 Å². The second-order valence-electron chi connectivity index (χ2n) is 12.7. The van der Waals surface area contributed by atoms with Gasteiger partial charge in [-0.3, -0.25) is 13.7 Å². The number of aromatic nitrogens is 2. The summed E-state index contributed by atoms with van der Waals surface area (Å²) >= 11 is -2.33. The quantitative estimate of drug-likeness (QED) is 0.203. The van der Waals surface area contributed by atoms with Crippen LogP contribution >= 0.6 is 0 Å². The van der Waals surface area contributed by atoms with Crippen molar-refractivity contribution in [3.63, 3.8) is 0 Å². The number of anilines is 1. The van der Waals surface area contributed by atoms with Crippen molar-refractivity contribution >= 4 is 41.0 Å². The average Bonchev–Trinajstić information content (AvgIpc) is 3.67. The molecule has 2 aromatic heterocycles. The summed E-state index contributed by atoms with van der Waals surface area (Å²) in [4.78, 5) is 12.6. The molecule has 12 heteroatoms. The zero-order valence-corrected chi connectivity index (χ0v) is 26.3. The van der Waals surface area contributed by atoms with Crippen molar-refractivity contribution in [3.05, 3.63) is 82.8 Å². The molecule has 1 amide bonds. The molecule has 1 saturated carbocycles. The average molecular weight is 619 g/mol. The molecule has 44 heavy (non-hydrogen) atoms. The second-order valence-corrected chi connectivity index (χ2v) is 13.6. The lowest BCUT2D eigenvalue weighted by atomic mass is 9.75. The van der Waals surface area contributed by atoms with E-state index in [0.29, 0.717) is 28.9 Å². The van der Waals surface area contributed by atoms with Crippen LogP contribution in [0, 0.1) is 12.7 Å². The van der Waals surface area contributed by atoms with E-state index >= 15 is 0 Å². The second kappa shape index (κ2) is 11.1. The summed E-state index contributed by atoms with van der Waals surface area (Å²) in [5.74, 6) is -0.876. The maximum atomic E-state index is 13.6.